The van der Waals surface area contributed by atoms with Crippen molar-refractivity contribution in [2.75, 3.05) is 39.3 Å². The van der Waals surface area contributed by atoms with E-state index in [-0.39, 0.29) is 22.8 Å². The number of carbonyl (C=O) groups excluding carboxylic acids is 1. The molecule has 0 spiro atoms. The summed E-state index contributed by atoms with van der Waals surface area (Å²) in [7, 11) is 0. The van der Waals surface area contributed by atoms with Crippen molar-refractivity contribution in [1.29, 1.82) is 5.41 Å². The first-order chi connectivity index (χ1) is 17.2. The van der Waals surface area contributed by atoms with Crippen LogP contribution in [-0.2, 0) is 16.0 Å². The highest BCUT2D eigenvalue weighted by Crippen LogP contribution is 2.21. The molecule has 1 atom stereocenters. The van der Waals surface area contributed by atoms with E-state index in [4.69, 9.17) is 10.8 Å². The van der Waals surface area contributed by atoms with Crippen molar-refractivity contribution in [3.8, 4) is 0 Å². The summed E-state index contributed by atoms with van der Waals surface area (Å²) < 4.78 is 40.2. The number of fused-ring (bicyclic) bond motifs is 1. The third-order valence-electron chi connectivity index (χ3n) is 6.15. The van der Waals surface area contributed by atoms with Crippen LogP contribution in [0, 0.1) is 5.41 Å². The van der Waals surface area contributed by atoms with E-state index in [0.717, 1.165) is 47.5 Å². The molecule has 0 saturated carbocycles. The topological polar surface area (TPSA) is 110 Å². The number of H-pyrrole nitrogens is 1. The van der Waals surface area contributed by atoms with Gasteiger partial charge in [0.1, 0.15) is 0 Å². The van der Waals surface area contributed by atoms with E-state index in [0.29, 0.717) is 32.6 Å². The minimum absolute atomic E-state index is 0.00133. The number of rotatable bonds is 9. The van der Waals surface area contributed by atoms with Gasteiger partial charge in [0.25, 0.3) is 0 Å². The second-order valence-corrected chi connectivity index (χ2v) is 9.80. The lowest BCUT2D eigenvalue weighted by atomic mass is 10.0. The number of carbonyl (C=O) groups is 1. The van der Waals surface area contributed by atoms with Crippen molar-refractivity contribution >= 4 is 38.8 Å². The minimum atomic E-state index is -4.63. The van der Waals surface area contributed by atoms with E-state index in [9.17, 15) is 18.0 Å². The molecule has 1 saturated heterocycles. The van der Waals surface area contributed by atoms with Crippen LogP contribution in [0.15, 0.2) is 30.5 Å². The van der Waals surface area contributed by atoms with Crippen LogP contribution < -0.4 is 10.7 Å². The Balaban J connectivity index is 1.47. The number of benzene rings is 1. The molecule has 1 aliphatic rings. The second-order valence-electron chi connectivity index (χ2n) is 8.77. The summed E-state index contributed by atoms with van der Waals surface area (Å²) in [5, 5.41) is 18.7. The van der Waals surface area contributed by atoms with Crippen LogP contribution in [0.4, 0.5) is 13.2 Å². The molecule has 2 heterocycles. The highest BCUT2D eigenvalue weighted by molar-refractivity contribution is 8.27. The number of aromatic nitrogens is 1. The number of ether oxygens (including phenoxy) is 1. The molecule has 2 aromatic rings. The van der Waals surface area contributed by atoms with Gasteiger partial charge in [-0.25, -0.2) is 5.41 Å². The molecular formula is C24H34F3N6O2S+. The van der Waals surface area contributed by atoms with Crippen LogP contribution in [0.3, 0.4) is 0 Å². The normalized spacial score (nSPS) is 15.7. The molecule has 36 heavy (non-hydrogen) atoms. The van der Waals surface area contributed by atoms with Crippen molar-refractivity contribution in [2.45, 2.75) is 45.0 Å². The number of halogens is 3. The van der Waals surface area contributed by atoms with Gasteiger partial charge < -0.3 is 15.2 Å². The monoisotopic (exact) mass is 527 g/mol. The number of thioether (sulfide) groups is 1. The lowest BCUT2D eigenvalue weighted by molar-refractivity contribution is -0.325. The van der Waals surface area contributed by atoms with Gasteiger partial charge in [0, 0.05) is 67.6 Å². The summed E-state index contributed by atoms with van der Waals surface area (Å²) in [5.41, 5.74) is 2.18. The van der Waals surface area contributed by atoms with Gasteiger partial charge in [0.2, 0.25) is 0 Å². The van der Waals surface area contributed by atoms with E-state index >= 15 is 0 Å². The van der Waals surface area contributed by atoms with Crippen LogP contribution in [-0.4, -0.2) is 82.6 Å². The van der Waals surface area contributed by atoms with Gasteiger partial charge in [-0.05, 0) is 24.5 Å². The first kappa shape index (κ1) is 28.0. The zero-order chi connectivity index (χ0) is 26.1. The van der Waals surface area contributed by atoms with Crippen LogP contribution in [0.5, 0.6) is 0 Å². The largest absolute Gasteiger partial charge is 0.522 e. The fourth-order valence-electron chi connectivity index (χ4n) is 4.18. The van der Waals surface area contributed by atoms with E-state index in [1.165, 1.54) is 0 Å². The Labute approximate surface area is 212 Å². The summed E-state index contributed by atoms with van der Waals surface area (Å²) in [6.45, 7) is 3.78. The third kappa shape index (κ3) is 8.52. The van der Waals surface area contributed by atoms with Gasteiger partial charge in [0.15, 0.2) is 5.17 Å². The Kier molecular flexibility index (Phi) is 10.2. The number of unbranched alkanes of at least 4 members (excludes halogenated alkanes) is 1. The van der Waals surface area contributed by atoms with E-state index in [1.54, 1.807) is 4.90 Å². The first-order valence-corrected chi connectivity index (χ1v) is 12.9. The predicted octanol–water partition coefficient (Wildman–Crippen LogP) is 2.36. The molecule has 1 aromatic carbocycles. The SMILES string of the molecule is CCCCC(Cc1c[nH]c2ccccc12)NC(=O)C(=[NH2+])SC(=N)N1CCN(CCOC(F)(F)F)CC1. The summed E-state index contributed by atoms with van der Waals surface area (Å²) in [5.74, 6) is -0.395. The summed E-state index contributed by atoms with van der Waals surface area (Å²) in [6, 6.07) is 7.95. The molecule has 0 bridgehead atoms. The second kappa shape index (κ2) is 13.1. The highest BCUT2D eigenvalue weighted by Gasteiger charge is 2.30. The number of alkyl halides is 3. The quantitative estimate of drug-likeness (QED) is 0.296. The van der Waals surface area contributed by atoms with E-state index in [2.05, 4.69) is 28.0 Å². The molecule has 1 unspecified atom stereocenters. The lowest BCUT2D eigenvalue weighted by Gasteiger charge is -2.35. The predicted molar refractivity (Wildman–Crippen MR) is 136 cm³/mol. The number of nitrogens with two attached hydrogens (primary N) is 1. The maximum atomic E-state index is 12.8. The summed E-state index contributed by atoms with van der Waals surface area (Å²) in [6.07, 6.45) is 0.811. The van der Waals surface area contributed by atoms with Gasteiger partial charge in [-0.1, -0.05) is 38.0 Å². The van der Waals surface area contributed by atoms with Crippen molar-refractivity contribution in [2.24, 2.45) is 0 Å². The molecule has 5 N–H and O–H groups in total. The average Bonchev–Trinajstić information content (AvgIpc) is 3.24. The molecule has 8 nitrogen and oxygen atoms in total. The number of hydrogen-bond acceptors (Lipinski definition) is 5. The molecule has 0 aliphatic carbocycles. The molecule has 1 aromatic heterocycles. The maximum Gasteiger partial charge on any atom is 0.522 e. The Morgan fingerprint density at radius 2 is 2.00 bits per heavy atom. The molecular weight excluding hydrogens is 493 g/mol. The van der Waals surface area contributed by atoms with Gasteiger partial charge >= 0.3 is 17.3 Å². The van der Waals surface area contributed by atoms with Gasteiger partial charge in [0.05, 0.1) is 6.61 Å². The Bertz CT molecular complexity index is 1040. The maximum absolute atomic E-state index is 12.8. The van der Waals surface area contributed by atoms with Crippen LogP contribution >= 0.6 is 11.8 Å². The Hall–Kier alpha value is -2.57. The fourth-order valence-corrected chi connectivity index (χ4v) is 4.85. The van der Waals surface area contributed by atoms with Gasteiger partial charge in [-0.2, -0.15) is 0 Å². The first-order valence-electron chi connectivity index (χ1n) is 12.1. The standard InChI is InChI=1S/C24H33F3N6O2S/c1-2-3-6-18(15-17-16-30-20-8-5-4-7-19(17)20)31-22(34)21(28)36-23(29)33-11-9-32(10-12-33)13-14-35-24(25,26)27/h4-5,7-8,16,18,28-30H,2-3,6,9-15H2,1H3,(H,31,34)/p+1. The van der Waals surface area contributed by atoms with Crippen molar-refractivity contribution < 1.29 is 28.1 Å². The van der Waals surface area contributed by atoms with E-state index in [1.807, 2.05) is 29.3 Å². The number of hydrogen-bond donors (Lipinski definition) is 4. The van der Waals surface area contributed by atoms with Crippen LogP contribution in [0.25, 0.3) is 10.9 Å². The zero-order valence-corrected chi connectivity index (χ0v) is 21.2. The molecule has 1 amide bonds. The molecule has 1 fully saturated rings. The van der Waals surface area contributed by atoms with Crippen LogP contribution in [0.2, 0.25) is 0 Å². The molecule has 0 radical (unpaired) electrons. The minimum Gasteiger partial charge on any atom is -0.361 e. The van der Waals surface area contributed by atoms with Crippen molar-refractivity contribution in [3.63, 3.8) is 0 Å². The third-order valence-corrected chi connectivity index (χ3v) is 7.00. The Morgan fingerprint density at radius 3 is 2.69 bits per heavy atom. The summed E-state index contributed by atoms with van der Waals surface area (Å²) >= 11 is 0.907. The number of nitrogens with zero attached hydrogens (tertiary/aromatic N) is 2. The van der Waals surface area contributed by atoms with Crippen molar-refractivity contribution in [1.82, 2.24) is 20.1 Å². The van der Waals surface area contributed by atoms with E-state index < -0.39 is 18.9 Å². The average molecular weight is 528 g/mol. The zero-order valence-electron chi connectivity index (χ0n) is 20.4. The Morgan fingerprint density at radius 1 is 1.28 bits per heavy atom. The summed E-state index contributed by atoms with van der Waals surface area (Å²) in [4.78, 5) is 19.7. The fraction of sp³-hybridized carbons (Fsp3) is 0.542. The lowest BCUT2D eigenvalue weighted by Crippen LogP contribution is -2.53. The highest BCUT2D eigenvalue weighted by atomic mass is 32.2. The molecule has 3 rings (SSSR count). The van der Waals surface area contributed by atoms with Gasteiger partial charge in [-0.3, -0.25) is 19.8 Å². The number of nitrogens with one attached hydrogen (secondary N) is 3. The molecule has 12 heteroatoms. The molecule has 1 aliphatic heterocycles. The van der Waals surface area contributed by atoms with Crippen molar-refractivity contribution in [3.05, 3.63) is 36.0 Å². The number of amidine groups is 1. The van der Waals surface area contributed by atoms with Gasteiger partial charge in [-0.15, -0.1) is 13.2 Å². The van der Waals surface area contributed by atoms with Crippen LogP contribution in [0.1, 0.15) is 31.7 Å². The number of para-hydroxylation sites is 1. The smallest absolute Gasteiger partial charge is 0.361 e. The number of amides is 1. The molecule has 198 valence electrons. The number of piperazine rings is 1. The number of aromatic amines is 1.